The van der Waals surface area contributed by atoms with Crippen molar-refractivity contribution in [3.63, 3.8) is 0 Å². The predicted octanol–water partition coefficient (Wildman–Crippen LogP) is 4.25. The summed E-state index contributed by atoms with van der Waals surface area (Å²) < 4.78 is 0. The maximum absolute atomic E-state index is 11.9. The highest BCUT2D eigenvalue weighted by Crippen LogP contribution is 2.29. The number of nitrogens with zero attached hydrogens (tertiary/aromatic N) is 5. The molecule has 1 aliphatic heterocycles. The molecule has 7 heteroatoms. The van der Waals surface area contributed by atoms with Gasteiger partial charge in [-0.2, -0.15) is 0 Å². The van der Waals surface area contributed by atoms with E-state index in [0.29, 0.717) is 12.6 Å². The van der Waals surface area contributed by atoms with Crippen LogP contribution in [-0.4, -0.2) is 58.9 Å². The number of hydrogen-bond acceptors (Lipinski definition) is 6. The van der Waals surface area contributed by atoms with Crippen LogP contribution < -0.4 is 4.90 Å². The first-order chi connectivity index (χ1) is 14.9. The van der Waals surface area contributed by atoms with Gasteiger partial charge in [-0.25, -0.2) is 9.97 Å². The number of benzene rings is 1. The molecule has 0 saturated carbocycles. The molecule has 4 rings (SSSR count). The summed E-state index contributed by atoms with van der Waals surface area (Å²) in [6.07, 6.45) is 0.946. The van der Waals surface area contributed by atoms with Crippen molar-refractivity contribution in [1.82, 2.24) is 19.8 Å². The summed E-state index contributed by atoms with van der Waals surface area (Å²) in [6.45, 7) is 9.90. The topological polar surface area (TPSA) is 52.6 Å². The lowest BCUT2D eigenvalue weighted by atomic mass is 10.1. The monoisotopic (exact) mass is 437 g/mol. The second kappa shape index (κ2) is 9.32. The molecule has 1 atom stereocenters. The first-order valence-corrected chi connectivity index (χ1v) is 11.8. The van der Waals surface area contributed by atoms with Gasteiger partial charge >= 0.3 is 0 Å². The first-order valence-electron chi connectivity index (χ1n) is 10.9. The minimum atomic E-state index is 0.148. The Balaban J connectivity index is 1.66. The van der Waals surface area contributed by atoms with Gasteiger partial charge in [-0.3, -0.25) is 9.69 Å². The van der Waals surface area contributed by atoms with Crippen molar-refractivity contribution in [2.75, 3.05) is 38.1 Å². The molecule has 1 saturated heterocycles. The van der Waals surface area contributed by atoms with Crippen LogP contribution in [0.3, 0.4) is 0 Å². The van der Waals surface area contributed by atoms with E-state index < -0.39 is 0 Å². The molecule has 1 fully saturated rings. The maximum Gasteiger partial charge on any atom is 0.219 e. The van der Waals surface area contributed by atoms with E-state index in [0.717, 1.165) is 60.7 Å². The van der Waals surface area contributed by atoms with Gasteiger partial charge in [-0.05, 0) is 50.4 Å². The van der Waals surface area contributed by atoms with Gasteiger partial charge in [0, 0.05) is 49.4 Å². The molecular formula is C24H31N5OS. The van der Waals surface area contributed by atoms with E-state index in [4.69, 9.17) is 9.97 Å². The van der Waals surface area contributed by atoms with Crippen LogP contribution >= 0.6 is 11.3 Å². The van der Waals surface area contributed by atoms with Gasteiger partial charge in [-0.1, -0.05) is 18.2 Å². The van der Waals surface area contributed by atoms with Crippen LogP contribution in [0.5, 0.6) is 0 Å². The van der Waals surface area contributed by atoms with Crippen LogP contribution in [0.25, 0.3) is 10.9 Å². The summed E-state index contributed by atoms with van der Waals surface area (Å²) in [6, 6.07) is 10.9. The molecule has 31 heavy (non-hydrogen) atoms. The molecule has 3 heterocycles. The molecule has 0 unspecified atom stereocenters. The number of carbonyl (C=O) groups excluding carboxylic acids is 1. The molecule has 0 aliphatic carbocycles. The Labute approximate surface area is 188 Å². The van der Waals surface area contributed by atoms with Crippen molar-refractivity contribution < 1.29 is 4.79 Å². The summed E-state index contributed by atoms with van der Waals surface area (Å²) >= 11 is 1.78. The first kappa shape index (κ1) is 21.7. The van der Waals surface area contributed by atoms with Crippen LogP contribution in [-0.2, 0) is 11.3 Å². The lowest BCUT2D eigenvalue weighted by molar-refractivity contribution is -0.128. The van der Waals surface area contributed by atoms with Gasteiger partial charge < -0.3 is 9.80 Å². The van der Waals surface area contributed by atoms with E-state index in [9.17, 15) is 4.79 Å². The molecule has 0 N–H and O–H groups in total. The molecule has 6 nitrogen and oxygen atoms in total. The lowest BCUT2D eigenvalue weighted by Gasteiger charge is -2.26. The number of aryl methyl sites for hydroxylation is 1. The quantitative estimate of drug-likeness (QED) is 0.597. The third kappa shape index (κ3) is 4.72. The number of aromatic nitrogens is 2. The number of hydrogen-bond donors (Lipinski definition) is 0. The van der Waals surface area contributed by atoms with Gasteiger partial charge in [0.1, 0.15) is 11.6 Å². The standard InChI is InChI=1S/C24H31N5OS/c1-17-8-5-9-20-23(17)25-22(16-27(4)18(2)21-10-6-15-31-21)26-24(20)29-12-7-11-28(13-14-29)19(3)30/h5-6,8-10,15,18H,7,11-14,16H2,1-4H3/t18-/m1/s1. The molecule has 1 amide bonds. The van der Waals surface area contributed by atoms with Gasteiger partial charge in [0.2, 0.25) is 5.91 Å². The molecule has 164 valence electrons. The van der Waals surface area contributed by atoms with Crippen molar-refractivity contribution in [3.8, 4) is 0 Å². The van der Waals surface area contributed by atoms with E-state index in [1.54, 1.807) is 18.3 Å². The van der Waals surface area contributed by atoms with E-state index in [-0.39, 0.29) is 5.91 Å². The number of thiophene rings is 1. The van der Waals surface area contributed by atoms with Crippen LogP contribution in [0.4, 0.5) is 5.82 Å². The SMILES string of the molecule is CC(=O)N1CCCN(c2nc(CN(C)[C@H](C)c3cccs3)nc3c(C)cccc23)CC1. The number of para-hydroxylation sites is 1. The summed E-state index contributed by atoms with van der Waals surface area (Å²) in [5.41, 5.74) is 2.18. The molecular weight excluding hydrogens is 406 g/mol. The number of carbonyl (C=O) groups is 1. The Morgan fingerprint density at radius 3 is 2.74 bits per heavy atom. The zero-order valence-electron chi connectivity index (χ0n) is 18.8. The van der Waals surface area contributed by atoms with E-state index in [2.05, 4.69) is 66.4 Å². The van der Waals surface area contributed by atoms with Crippen molar-refractivity contribution in [3.05, 3.63) is 52.0 Å². The zero-order valence-corrected chi connectivity index (χ0v) is 19.7. The minimum absolute atomic E-state index is 0.148. The fraction of sp³-hybridized carbons (Fsp3) is 0.458. The average molecular weight is 438 g/mol. The number of rotatable bonds is 5. The second-order valence-electron chi connectivity index (χ2n) is 8.39. The van der Waals surface area contributed by atoms with Gasteiger partial charge in [0.15, 0.2) is 0 Å². The summed E-state index contributed by atoms with van der Waals surface area (Å²) in [5.74, 6) is 1.98. The van der Waals surface area contributed by atoms with Gasteiger partial charge in [0.25, 0.3) is 0 Å². The van der Waals surface area contributed by atoms with Gasteiger partial charge in [0.05, 0.1) is 12.1 Å². The minimum Gasteiger partial charge on any atom is -0.354 e. The summed E-state index contributed by atoms with van der Waals surface area (Å²) in [5, 5.41) is 3.21. The Morgan fingerprint density at radius 1 is 1.16 bits per heavy atom. The molecule has 1 aliphatic rings. The van der Waals surface area contributed by atoms with E-state index >= 15 is 0 Å². The summed E-state index contributed by atoms with van der Waals surface area (Å²) in [4.78, 5) is 29.8. The predicted molar refractivity (Wildman–Crippen MR) is 128 cm³/mol. The van der Waals surface area contributed by atoms with Crippen LogP contribution in [0, 0.1) is 6.92 Å². The summed E-state index contributed by atoms with van der Waals surface area (Å²) in [7, 11) is 2.13. The largest absolute Gasteiger partial charge is 0.354 e. The van der Waals surface area contributed by atoms with Crippen molar-refractivity contribution in [2.24, 2.45) is 0 Å². The highest BCUT2D eigenvalue weighted by atomic mass is 32.1. The van der Waals surface area contributed by atoms with E-state index in [1.807, 2.05) is 4.90 Å². The van der Waals surface area contributed by atoms with Crippen LogP contribution in [0.1, 0.15) is 42.6 Å². The van der Waals surface area contributed by atoms with Crippen molar-refractivity contribution in [1.29, 1.82) is 0 Å². The highest BCUT2D eigenvalue weighted by molar-refractivity contribution is 7.10. The number of anilines is 1. The lowest BCUT2D eigenvalue weighted by Crippen LogP contribution is -2.34. The molecule has 0 spiro atoms. The second-order valence-corrected chi connectivity index (χ2v) is 9.37. The fourth-order valence-electron chi connectivity index (χ4n) is 4.19. The zero-order chi connectivity index (χ0) is 22.0. The molecule has 0 bridgehead atoms. The Hall–Kier alpha value is -2.51. The normalized spacial score (nSPS) is 16.0. The highest BCUT2D eigenvalue weighted by Gasteiger charge is 2.22. The molecule has 3 aromatic rings. The Kier molecular flexibility index (Phi) is 6.53. The number of amides is 1. The third-order valence-electron chi connectivity index (χ3n) is 6.20. The molecule has 0 radical (unpaired) electrons. The third-order valence-corrected chi connectivity index (χ3v) is 7.24. The molecule has 1 aromatic carbocycles. The Bertz CT molecular complexity index is 1050. The maximum atomic E-state index is 11.9. The molecule has 2 aromatic heterocycles. The van der Waals surface area contributed by atoms with Crippen molar-refractivity contribution in [2.45, 2.75) is 39.8 Å². The van der Waals surface area contributed by atoms with E-state index in [1.165, 1.54) is 4.88 Å². The van der Waals surface area contributed by atoms with Crippen LogP contribution in [0.15, 0.2) is 35.7 Å². The van der Waals surface area contributed by atoms with Gasteiger partial charge in [-0.15, -0.1) is 11.3 Å². The average Bonchev–Trinajstić information content (AvgIpc) is 3.17. The van der Waals surface area contributed by atoms with Crippen LogP contribution in [0.2, 0.25) is 0 Å². The van der Waals surface area contributed by atoms with Crippen molar-refractivity contribution >= 4 is 34.0 Å². The smallest absolute Gasteiger partial charge is 0.219 e. The number of fused-ring (bicyclic) bond motifs is 1. The Morgan fingerprint density at radius 2 is 2.00 bits per heavy atom. The fourth-order valence-corrected chi connectivity index (χ4v) is 5.03.